The number of rotatable bonds is 2. The van der Waals surface area contributed by atoms with Gasteiger partial charge in [-0.25, -0.2) is 0 Å². The summed E-state index contributed by atoms with van der Waals surface area (Å²) < 4.78 is 0.643. The molecule has 3 N–H and O–H groups in total. The van der Waals surface area contributed by atoms with Crippen LogP contribution in [0, 0.1) is 0 Å². The standard InChI is InChI=1S/C14H9BrCl2N2O2S/c15-9-4-2-1-3-8(9)13(21)19-14(22)18-11-6-7(16)5-10(17)12(11)20/h1-6,20H,(H2,18,19,21,22). The first kappa shape index (κ1) is 17.0. The van der Waals surface area contributed by atoms with Crippen LogP contribution in [0.1, 0.15) is 10.4 Å². The second-order valence-corrected chi connectivity index (χ2v) is 6.28. The lowest BCUT2D eigenvalue weighted by Gasteiger charge is -2.12. The van der Waals surface area contributed by atoms with Crippen LogP contribution in [-0.4, -0.2) is 16.1 Å². The summed E-state index contributed by atoms with van der Waals surface area (Å²) in [4.78, 5) is 12.1. The van der Waals surface area contributed by atoms with Crippen LogP contribution < -0.4 is 10.6 Å². The smallest absolute Gasteiger partial charge is 0.258 e. The number of carbonyl (C=O) groups excluding carboxylic acids is 1. The summed E-state index contributed by atoms with van der Waals surface area (Å²) >= 11 is 20.0. The van der Waals surface area contributed by atoms with E-state index in [0.717, 1.165) is 0 Å². The topological polar surface area (TPSA) is 61.4 Å². The van der Waals surface area contributed by atoms with Crippen LogP contribution in [0.5, 0.6) is 5.75 Å². The second-order valence-electron chi connectivity index (χ2n) is 4.17. The van der Waals surface area contributed by atoms with Gasteiger partial charge in [-0.15, -0.1) is 0 Å². The minimum Gasteiger partial charge on any atom is -0.504 e. The molecule has 22 heavy (non-hydrogen) atoms. The van der Waals surface area contributed by atoms with Crippen LogP contribution in [0.2, 0.25) is 10.0 Å². The van der Waals surface area contributed by atoms with Crippen LogP contribution in [0.3, 0.4) is 0 Å². The number of hydrogen-bond donors (Lipinski definition) is 3. The molecule has 0 fully saturated rings. The number of aromatic hydroxyl groups is 1. The van der Waals surface area contributed by atoms with Gasteiger partial charge in [0.25, 0.3) is 5.91 Å². The number of anilines is 1. The molecule has 1 amide bonds. The average molecular weight is 420 g/mol. The van der Waals surface area contributed by atoms with Gasteiger partial charge in [-0.05, 0) is 52.4 Å². The molecule has 0 spiro atoms. The zero-order valence-corrected chi connectivity index (χ0v) is 14.8. The number of benzene rings is 2. The van der Waals surface area contributed by atoms with Crippen LogP contribution in [0.4, 0.5) is 5.69 Å². The molecule has 0 aliphatic carbocycles. The molecule has 0 unspecified atom stereocenters. The molecule has 2 rings (SSSR count). The van der Waals surface area contributed by atoms with Crippen molar-refractivity contribution in [1.29, 1.82) is 0 Å². The minimum atomic E-state index is -0.391. The fraction of sp³-hybridized carbons (Fsp3) is 0. The molecule has 0 saturated carbocycles. The van der Waals surface area contributed by atoms with E-state index >= 15 is 0 Å². The quantitative estimate of drug-likeness (QED) is 0.492. The van der Waals surface area contributed by atoms with E-state index in [-0.39, 0.29) is 21.6 Å². The van der Waals surface area contributed by atoms with E-state index in [2.05, 4.69) is 26.6 Å². The molecule has 2 aromatic rings. The van der Waals surface area contributed by atoms with Crippen LogP contribution in [0.15, 0.2) is 40.9 Å². The van der Waals surface area contributed by atoms with Crippen LogP contribution in [0.25, 0.3) is 0 Å². The Kier molecular flexibility index (Phi) is 5.63. The monoisotopic (exact) mass is 418 g/mol. The number of amides is 1. The van der Waals surface area contributed by atoms with Crippen molar-refractivity contribution in [2.75, 3.05) is 5.32 Å². The third kappa shape index (κ3) is 4.10. The lowest BCUT2D eigenvalue weighted by atomic mass is 10.2. The fourth-order valence-corrected chi connectivity index (χ4v) is 2.79. The van der Waals surface area contributed by atoms with Gasteiger partial charge < -0.3 is 10.4 Å². The van der Waals surface area contributed by atoms with Gasteiger partial charge in [-0.3, -0.25) is 10.1 Å². The summed E-state index contributed by atoms with van der Waals surface area (Å²) in [6, 6.07) is 9.76. The second kappa shape index (κ2) is 7.28. The van der Waals surface area contributed by atoms with Crippen LogP contribution in [-0.2, 0) is 0 Å². The first-order valence-corrected chi connectivity index (χ1v) is 7.89. The molecule has 2 aromatic carbocycles. The molecular formula is C14H9BrCl2N2O2S. The van der Waals surface area contributed by atoms with E-state index in [1.54, 1.807) is 24.3 Å². The number of phenolic OH excluding ortho intramolecular Hbond substituents is 1. The number of nitrogens with one attached hydrogen (secondary N) is 2. The number of carbonyl (C=O) groups is 1. The van der Waals surface area contributed by atoms with Crippen molar-refractivity contribution >= 4 is 68.1 Å². The molecule has 0 heterocycles. The zero-order valence-electron chi connectivity index (χ0n) is 10.9. The number of halogens is 3. The maximum absolute atomic E-state index is 12.1. The van der Waals surface area contributed by atoms with Crippen molar-refractivity contribution in [1.82, 2.24) is 5.32 Å². The predicted molar refractivity (Wildman–Crippen MR) is 96.0 cm³/mol. The van der Waals surface area contributed by atoms with E-state index in [9.17, 15) is 9.90 Å². The Bertz CT molecular complexity index is 756. The highest BCUT2D eigenvalue weighted by Gasteiger charge is 2.13. The Labute approximate surface area is 150 Å². The largest absolute Gasteiger partial charge is 0.504 e. The average Bonchev–Trinajstić information content (AvgIpc) is 2.44. The fourth-order valence-electron chi connectivity index (χ4n) is 1.63. The van der Waals surface area contributed by atoms with E-state index in [4.69, 9.17) is 35.4 Å². The molecular weight excluding hydrogens is 411 g/mol. The Balaban J connectivity index is 2.11. The summed E-state index contributed by atoms with van der Waals surface area (Å²) in [6.07, 6.45) is 0. The van der Waals surface area contributed by atoms with Crippen molar-refractivity contribution in [2.24, 2.45) is 0 Å². The van der Waals surface area contributed by atoms with Gasteiger partial charge in [0, 0.05) is 9.50 Å². The van der Waals surface area contributed by atoms with E-state index in [0.29, 0.717) is 15.1 Å². The van der Waals surface area contributed by atoms with Gasteiger partial charge in [0.1, 0.15) is 0 Å². The van der Waals surface area contributed by atoms with Gasteiger partial charge in [0.05, 0.1) is 16.3 Å². The SMILES string of the molecule is O=C(NC(=S)Nc1cc(Cl)cc(Cl)c1O)c1ccccc1Br. The highest BCUT2D eigenvalue weighted by Crippen LogP contribution is 2.34. The Morgan fingerprint density at radius 3 is 2.59 bits per heavy atom. The summed E-state index contributed by atoms with van der Waals surface area (Å²) in [5.41, 5.74) is 0.634. The molecule has 114 valence electrons. The van der Waals surface area contributed by atoms with E-state index in [1.165, 1.54) is 12.1 Å². The van der Waals surface area contributed by atoms with E-state index < -0.39 is 5.91 Å². The molecule has 4 nitrogen and oxygen atoms in total. The maximum atomic E-state index is 12.1. The molecule has 0 atom stereocenters. The number of phenols is 1. The lowest BCUT2D eigenvalue weighted by molar-refractivity contribution is 0.0977. The molecule has 0 bridgehead atoms. The van der Waals surface area contributed by atoms with Crippen molar-refractivity contribution in [3.8, 4) is 5.75 Å². The van der Waals surface area contributed by atoms with Gasteiger partial charge in [-0.1, -0.05) is 35.3 Å². The molecule has 0 aliphatic rings. The first-order chi connectivity index (χ1) is 10.4. The lowest BCUT2D eigenvalue weighted by Crippen LogP contribution is -2.34. The molecule has 0 aliphatic heterocycles. The zero-order chi connectivity index (χ0) is 16.3. The van der Waals surface area contributed by atoms with Gasteiger partial charge in [-0.2, -0.15) is 0 Å². The van der Waals surface area contributed by atoms with E-state index in [1.807, 2.05) is 0 Å². The Morgan fingerprint density at radius 1 is 1.23 bits per heavy atom. The Hall–Kier alpha value is -1.34. The predicted octanol–water partition coefficient (Wildman–Crippen LogP) is 4.59. The van der Waals surface area contributed by atoms with Crippen molar-refractivity contribution in [2.45, 2.75) is 0 Å². The van der Waals surface area contributed by atoms with Crippen molar-refractivity contribution in [3.63, 3.8) is 0 Å². The summed E-state index contributed by atoms with van der Waals surface area (Å²) in [7, 11) is 0. The minimum absolute atomic E-state index is 0.00869. The summed E-state index contributed by atoms with van der Waals surface area (Å²) in [6.45, 7) is 0. The first-order valence-electron chi connectivity index (χ1n) is 5.93. The van der Waals surface area contributed by atoms with Crippen LogP contribution >= 0.6 is 51.3 Å². The maximum Gasteiger partial charge on any atom is 0.258 e. The molecule has 8 heteroatoms. The highest BCUT2D eigenvalue weighted by atomic mass is 79.9. The number of hydrogen-bond acceptors (Lipinski definition) is 3. The van der Waals surface area contributed by atoms with Gasteiger partial charge in [0.15, 0.2) is 10.9 Å². The third-order valence-corrected chi connectivity index (χ3v) is 4.02. The van der Waals surface area contributed by atoms with Crippen molar-refractivity contribution in [3.05, 3.63) is 56.5 Å². The third-order valence-electron chi connectivity index (χ3n) is 2.62. The van der Waals surface area contributed by atoms with Crippen molar-refractivity contribution < 1.29 is 9.90 Å². The van der Waals surface area contributed by atoms with Gasteiger partial charge >= 0.3 is 0 Å². The number of thiocarbonyl (C=S) groups is 1. The normalized spacial score (nSPS) is 10.1. The Morgan fingerprint density at radius 2 is 1.91 bits per heavy atom. The molecule has 0 radical (unpaired) electrons. The molecule has 0 saturated heterocycles. The summed E-state index contributed by atoms with van der Waals surface area (Å²) in [5, 5.41) is 15.4. The van der Waals surface area contributed by atoms with Gasteiger partial charge in [0.2, 0.25) is 0 Å². The summed E-state index contributed by atoms with van der Waals surface area (Å²) in [5.74, 6) is -0.596. The highest BCUT2D eigenvalue weighted by molar-refractivity contribution is 9.10. The molecule has 0 aromatic heterocycles.